The summed E-state index contributed by atoms with van der Waals surface area (Å²) in [4.78, 5) is 4.26. The summed E-state index contributed by atoms with van der Waals surface area (Å²) in [6, 6.07) is 16.7. The van der Waals surface area contributed by atoms with Crippen LogP contribution in [0.3, 0.4) is 0 Å². The van der Waals surface area contributed by atoms with Gasteiger partial charge < -0.3 is 4.74 Å². The highest BCUT2D eigenvalue weighted by Gasteiger charge is 2.20. The minimum Gasteiger partial charge on any atom is -0.490 e. The smallest absolute Gasteiger partial charge is 0.196 e. The summed E-state index contributed by atoms with van der Waals surface area (Å²) in [5.41, 5.74) is 4.50. The average molecular weight is 449 g/mol. The highest BCUT2D eigenvalue weighted by molar-refractivity contribution is 7.99. The number of pyridine rings is 1. The second-order valence-corrected chi connectivity index (χ2v) is 8.20. The van der Waals surface area contributed by atoms with Gasteiger partial charge in [0.1, 0.15) is 0 Å². The number of halogens is 1. The second-order valence-electron chi connectivity index (χ2n) is 7.14. The first-order valence-electron chi connectivity index (χ1n) is 10.7. The van der Waals surface area contributed by atoms with Crippen molar-refractivity contribution in [3.63, 3.8) is 0 Å². The van der Waals surface area contributed by atoms with Crippen molar-refractivity contribution in [1.82, 2.24) is 19.7 Å². The van der Waals surface area contributed by atoms with Gasteiger partial charge >= 0.3 is 0 Å². The van der Waals surface area contributed by atoms with E-state index in [1.165, 1.54) is 17.2 Å². The first-order valence-corrected chi connectivity index (χ1v) is 11.7. The largest absolute Gasteiger partial charge is 0.490 e. The third-order valence-corrected chi connectivity index (χ3v) is 6.04. The molecular formula is C25H25FN4OS. The fraction of sp³-hybridized carbons (Fsp3) is 0.240. The van der Waals surface area contributed by atoms with Crippen LogP contribution in [0.5, 0.6) is 5.75 Å². The zero-order valence-corrected chi connectivity index (χ0v) is 19.0. The van der Waals surface area contributed by atoms with Gasteiger partial charge in [0.25, 0.3) is 0 Å². The molecule has 0 unspecified atom stereocenters. The van der Waals surface area contributed by atoms with Crippen molar-refractivity contribution in [3.8, 4) is 22.8 Å². The summed E-state index contributed by atoms with van der Waals surface area (Å²) in [5.74, 6) is 1.26. The minimum atomic E-state index is -0.357. The van der Waals surface area contributed by atoms with Crippen LogP contribution in [0.1, 0.15) is 25.0 Å². The predicted octanol–water partition coefficient (Wildman–Crippen LogP) is 5.76. The van der Waals surface area contributed by atoms with Crippen LogP contribution in [-0.2, 0) is 12.8 Å². The summed E-state index contributed by atoms with van der Waals surface area (Å²) in [7, 11) is 0. The Morgan fingerprint density at radius 1 is 0.938 bits per heavy atom. The van der Waals surface area contributed by atoms with Crippen molar-refractivity contribution in [2.75, 3.05) is 12.4 Å². The molecule has 0 fully saturated rings. The molecule has 7 heteroatoms. The lowest BCUT2D eigenvalue weighted by Gasteiger charge is -2.18. The van der Waals surface area contributed by atoms with Gasteiger partial charge in [-0.15, -0.1) is 10.2 Å². The fourth-order valence-corrected chi connectivity index (χ4v) is 4.35. The Labute approximate surface area is 191 Å². The van der Waals surface area contributed by atoms with Crippen LogP contribution < -0.4 is 4.74 Å². The van der Waals surface area contributed by atoms with Crippen LogP contribution in [0.25, 0.3) is 17.1 Å². The molecule has 32 heavy (non-hydrogen) atoms. The minimum absolute atomic E-state index is 0.259. The standard InChI is InChI=1S/C25H25FN4OS/c1-3-18-9-7-10-19(4-2)23(18)30-24(20-11-8-14-27-17-20)28-29-25(30)32-16-15-31-22-13-6-5-12-21(22)26/h5-14,17H,3-4,15-16H2,1-2H3. The Kier molecular flexibility index (Phi) is 7.17. The van der Waals surface area contributed by atoms with E-state index < -0.39 is 0 Å². The Balaban J connectivity index is 1.67. The van der Waals surface area contributed by atoms with E-state index in [-0.39, 0.29) is 11.6 Å². The van der Waals surface area contributed by atoms with Gasteiger partial charge in [0.15, 0.2) is 22.5 Å². The Hall–Kier alpha value is -3.19. The third-order valence-electron chi connectivity index (χ3n) is 5.15. The average Bonchev–Trinajstić information content (AvgIpc) is 3.26. The van der Waals surface area contributed by atoms with Crippen LogP contribution in [0.4, 0.5) is 4.39 Å². The molecule has 164 valence electrons. The Morgan fingerprint density at radius 3 is 2.41 bits per heavy atom. The molecule has 0 saturated heterocycles. The maximum atomic E-state index is 13.8. The summed E-state index contributed by atoms with van der Waals surface area (Å²) in [6.45, 7) is 4.67. The van der Waals surface area contributed by atoms with E-state index in [1.54, 1.807) is 42.4 Å². The predicted molar refractivity (Wildman–Crippen MR) is 126 cm³/mol. The quantitative estimate of drug-likeness (QED) is 0.241. The van der Waals surface area contributed by atoms with Gasteiger partial charge in [-0.25, -0.2) is 4.39 Å². The molecule has 4 aromatic rings. The van der Waals surface area contributed by atoms with Gasteiger partial charge in [-0.2, -0.15) is 0 Å². The second kappa shape index (κ2) is 10.4. The molecule has 5 nitrogen and oxygen atoms in total. The molecule has 0 saturated carbocycles. The summed E-state index contributed by atoms with van der Waals surface area (Å²) >= 11 is 1.54. The van der Waals surface area contributed by atoms with Crippen molar-refractivity contribution in [3.05, 3.63) is 83.9 Å². The van der Waals surface area contributed by atoms with Crippen LogP contribution in [0, 0.1) is 5.82 Å². The summed E-state index contributed by atoms with van der Waals surface area (Å²) in [6.07, 6.45) is 5.34. The maximum absolute atomic E-state index is 13.8. The number of aromatic nitrogens is 4. The van der Waals surface area contributed by atoms with Gasteiger partial charge in [0.05, 0.1) is 12.3 Å². The van der Waals surface area contributed by atoms with Crippen LogP contribution >= 0.6 is 11.8 Å². The van der Waals surface area contributed by atoms with Crippen molar-refractivity contribution in [2.45, 2.75) is 31.8 Å². The highest BCUT2D eigenvalue weighted by Crippen LogP contribution is 2.32. The van der Waals surface area contributed by atoms with Crippen molar-refractivity contribution in [1.29, 1.82) is 0 Å². The molecule has 4 rings (SSSR count). The molecule has 0 aliphatic rings. The molecule has 0 aliphatic carbocycles. The topological polar surface area (TPSA) is 52.8 Å². The molecule has 0 bridgehead atoms. The number of hydrogen-bond donors (Lipinski definition) is 0. The molecule has 0 radical (unpaired) electrons. The van der Waals surface area contributed by atoms with Crippen LogP contribution in [0.2, 0.25) is 0 Å². The number of para-hydroxylation sites is 2. The fourth-order valence-electron chi connectivity index (χ4n) is 3.60. The van der Waals surface area contributed by atoms with Crippen molar-refractivity contribution in [2.24, 2.45) is 0 Å². The molecule has 2 aromatic carbocycles. The van der Waals surface area contributed by atoms with E-state index in [0.717, 1.165) is 35.1 Å². The van der Waals surface area contributed by atoms with Gasteiger partial charge in [0, 0.05) is 23.7 Å². The van der Waals surface area contributed by atoms with E-state index in [1.807, 2.05) is 12.1 Å². The molecule has 0 N–H and O–H groups in total. The zero-order chi connectivity index (χ0) is 22.3. The lowest BCUT2D eigenvalue weighted by molar-refractivity contribution is 0.325. The van der Waals surface area contributed by atoms with Crippen molar-refractivity contribution >= 4 is 11.8 Å². The SMILES string of the molecule is CCc1cccc(CC)c1-n1c(SCCOc2ccccc2F)nnc1-c1cccnc1. The first kappa shape index (κ1) is 22.0. The molecule has 0 amide bonds. The van der Waals surface area contributed by atoms with Gasteiger partial charge in [-0.05, 0) is 48.2 Å². The summed E-state index contributed by atoms with van der Waals surface area (Å²) in [5, 5.41) is 9.79. The lowest BCUT2D eigenvalue weighted by atomic mass is 10.0. The molecule has 0 atom stereocenters. The van der Waals surface area contributed by atoms with E-state index >= 15 is 0 Å². The number of hydrogen-bond acceptors (Lipinski definition) is 5. The third kappa shape index (κ3) is 4.67. The summed E-state index contributed by atoms with van der Waals surface area (Å²) < 4.78 is 21.6. The van der Waals surface area contributed by atoms with E-state index in [9.17, 15) is 4.39 Å². The molecule has 2 heterocycles. The van der Waals surface area contributed by atoms with E-state index in [2.05, 4.69) is 51.8 Å². The van der Waals surface area contributed by atoms with Crippen LogP contribution in [-0.4, -0.2) is 32.1 Å². The number of ether oxygens (including phenoxy) is 1. The number of aryl methyl sites for hydroxylation is 2. The van der Waals surface area contributed by atoms with Crippen LogP contribution in [0.15, 0.2) is 72.1 Å². The number of rotatable bonds is 9. The molecule has 0 spiro atoms. The van der Waals surface area contributed by atoms with Gasteiger partial charge in [-0.1, -0.05) is 55.9 Å². The Morgan fingerprint density at radius 2 is 1.72 bits per heavy atom. The van der Waals surface area contributed by atoms with Gasteiger partial charge in [0.2, 0.25) is 0 Å². The van der Waals surface area contributed by atoms with E-state index in [4.69, 9.17) is 4.74 Å². The Bertz CT molecular complexity index is 1160. The molecule has 0 aliphatic heterocycles. The molecular weight excluding hydrogens is 423 g/mol. The zero-order valence-electron chi connectivity index (χ0n) is 18.2. The maximum Gasteiger partial charge on any atom is 0.196 e. The number of benzene rings is 2. The first-order chi connectivity index (χ1) is 15.7. The van der Waals surface area contributed by atoms with Gasteiger partial charge in [-0.3, -0.25) is 9.55 Å². The monoisotopic (exact) mass is 448 g/mol. The van der Waals surface area contributed by atoms with E-state index in [0.29, 0.717) is 12.4 Å². The van der Waals surface area contributed by atoms with Crippen molar-refractivity contribution < 1.29 is 9.13 Å². The lowest BCUT2D eigenvalue weighted by Crippen LogP contribution is -2.08. The number of nitrogens with zero attached hydrogens (tertiary/aromatic N) is 4. The molecule has 2 aromatic heterocycles. The normalized spacial score (nSPS) is 11.0. The highest BCUT2D eigenvalue weighted by atomic mass is 32.2. The number of thioether (sulfide) groups is 1.